The molecule has 1 aromatic heterocycles. The molecule has 1 saturated carbocycles. The fraction of sp³-hybridized carbons (Fsp3) is 0.600. The van der Waals surface area contributed by atoms with E-state index in [0.717, 1.165) is 32.1 Å². The monoisotopic (exact) mass is 276 g/mol. The highest BCUT2D eigenvalue weighted by Gasteiger charge is 2.40. The highest BCUT2D eigenvalue weighted by Crippen LogP contribution is 2.36. The summed E-state index contributed by atoms with van der Waals surface area (Å²) in [6, 6.07) is 1.66. The second-order valence-electron chi connectivity index (χ2n) is 5.76. The first kappa shape index (κ1) is 13.4. The summed E-state index contributed by atoms with van der Waals surface area (Å²) in [4.78, 5) is 18.2. The average molecular weight is 276 g/mol. The molecule has 5 heteroatoms. The lowest BCUT2D eigenvalue weighted by molar-refractivity contribution is 0.0525. The summed E-state index contributed by atoms with van der Waals surface area (Å²) in [7, 11) is 0. The number of nitrogens with zero attached hydrogens (tertiary/aromatic N) is 2. The van der Waals surface area contributed by atoms with Crippen LogP contribution in [0.1, 0.15) is 42.5 Å². The molecule has 108 valence electrons. The van der Waals surface area contributed by atoms with Gasteiger partial charge in [0.1, 0.15) is 5.75 Å². The van der Waals surface area contributed by atoms with Gasteiger partial charge >= 0.3 is 0 Å². The lowest BCUT2D eigenvalue weighted by atomic mass is 9.93. The van der Waals surface area contributed by atoms with Crippen molar-refractivity contribution < 1.29 is 15.0 Å². The van der Waals surface area contributed by atoms with E-state index in [2.05, 4.69) is 4.98 Å². The molecular formula is C15H20N2O3. The molecule has 1 aliphatic carbocycles. The number of aromatic hydroxyl groups is 1. The summed E-state index contributed by atoms with van der Waals surface area (Å²) >= 11 is 0. The first-order chi connectivity index (χ1) is 9.68. The van der Waals surface area contributed by atoms with E-state index in [1.165, 1.54) is 12.4 Å². The number of hydrogen-bond donors (Lipinski definition) is 2. The fourth-order valence-corrected chi connectivity index (χ4v) is 3.63. The number of hydrogen-bond acceptors (Lipinski definition) is 4. The predicted molar refractivity (Wildman–Crippen MR) is 73.3 cm³/mol. The smallest absolute Gasteiger partial charge is 0.257 e. The maximum Gasteiger partial charge on any atom is 0.257 e. The van der Waals surface area contributed by atoms with Gasteiger partial charge in [-0.15, -0.1) is 0 Å². The molecule has 0 bridgehead atoms. The van der Waals surface area contributed by atoms with E-state index < -0.39 is 0 Å². The van der Waals surface area contributed by atoms with Crippen molar-refractivity contribution in [2.45, 2.75) is 44.2 Å². The van der Waals surface area contributed by atoms with Crippen LogP contribution in [0, 0.1) is 5.92 Å². The largest absolute Gasteiger partial charge is 0.505 e. The number of likely N-dealkylation sites (tertiary alicyclic amines) is 1. The van der Waals surface area contributed by atoms with Crippen LogP contribution in [0.3, 0.4) is 0 Å². The predicted octanol–water partition coefficient (Wildman–Crippen LogP) is 1.55. The molecule has 2 fully saturated rings. The number of aliphatic hydroxyl groups is 1. The third-order valence-corrected chi connectivity index (χ3v) is 4.62. The van der Waals surface area contributed by atoms with Crippen LogP contribution in [-0.4, -0.2) is 44.7 Å². The zero-order valence-electron chi connectivity index (χ0n) is 11.4. The third kappa shape index (κ3) is 2.26. The van der Waals surface area contributed by atoms with E-state index in [-0.39, 0.29) is 29.7 Å². The standard InChI is InChI=1S/C15H20N2O3/c18-13-5-1-3-10(13)12-4-2-8-17(12)15(20)11-6-7-16-9-14(11)19/h6-7,9-10,12-13,18-19H,1-5,8H2. The quantitative estimate of drug-likeness (QED) is 0.859. The van der Waals surface area contributed by atoms with Gasteiger partial charge in [0, 0.05) is 24.7 Å². The van der Waals surface area contributed by atoms with E-state index in [9.17, 15) is 15.0 Å². The van der Waals surface area contributed by atoms with Crippen LogP contribution in [0.15, 0.2) is 18.5 Å². The number of aromatic nitrogens is 1. The first-order valence-corrected chi connectivity index (χ1v) is 7.30. The summed E-state index contributed by atoms with van der Waals surface area (Å²) in [6.07, 6.45) is 7.28. The van der Waals surface area contributed by atoms with Gasteiger partial charge in [-0.25, -0.2) is 0 Å². The number of pyridine rings is 1. The Morgan fingerprint density at radius 3 is 2.85 bits per heavy atom. The molecule has 5 nitrogen and oxygen atoms in total. The van der Waals surface area contributed by atoms with E-state index in [4.69, 9.17) is 0 Å². The van der Waals surface area contributed by atoms with Gasteiger partial charge in [0.2, 0.25) is 0 Å². The Bertz CT molecular complexity index is 506. The molecule has 3 rings (SSSR count). The van der Waals surface area contributed by atoms with Crippen LogP contribution >= 0.6 is 0 Å². The topological polar surface area (TPSA) is 73.7 Å². The minimum Gasteiger partial charge on any atom is -0.505 e. The molecule has 0 spiro atoms. The summed E-state index contributed by atoms with van der Waals surface area (Å²) in [5.41, 5.74) is 0.305. The minimum absolute atomic E-state index is 0.0740. The van der Waals surface area contributed by atoms with E-state index in [0.29, 0.717) is 12.1 Å². The molecule has 1 amide bonds. The second-order valence-corrected chi connectivity index (χ2v) is 5.76. The second kappa shape index (κ2) is 5.40. The van der Waals surface area contributed by atoms with Crippen molar-refractivity contribution in [3.63, 3.8) is 0 Å². The van der Waals surface area contributed by atoms with Crippen LogP contribution in [0.5, 0.6) is 5.75 Å². The van der Waals surface area contributed by atoms with Gasteiger partial charge in [0.05, 0.1) is 17.9 Å². The van der Waals surface area contributed by atoms with Crippen molar-refractivity contribution in [1.29, 1.82) is 0 Å². The van der Waals surface area contributed by atoms with Crippen molar-refractivity contribution in [3.8, 4) is 5.75 Å². The number of amides is 1. The van der Waals surface area contributed by atoms with Crippen molar-refractivity contribution in [1.82, 2.24) is 9.88 Å². The highest BCUT2D eigenvalue weighted by molar-refractivity contribution is 5.97. The molecule has 3 unspecified atom stereocenters. The maximum absolute atomic E-state index is 12.6. The molecular weight excluding hydrogens is 256 g/mol. The minimum atomic E-state index is -0.292. The number of aliphatic hydroxyl groups excluding tert-OH is 1. The van der Waals surface area contributed by atoms with Gasteiger partial charge in [0.15, 0.2) is 0 Å². The highest BCUT2D eigenvalue weighted by atomic mass is 16.3. The van der Waals surface area contributed by atoms with Crippen molar-refractivity contribution in [2.75, 3.05) is 6.54 Å². The summed E-state index contributed by atoms with van der Waals surface area (Å²) in [6.45, 7) is 0.703. The van der Waals surface area contributed by atoms with Gasteiger partial charge in [-0.1, -0.05) is 6.42 Å². The molecule has 0 aromatic carbocycles. The SMILES string of the molecule is O=C(c1ccncc1O)N1CCCC1C1CCCC1O. The number of carbonyl (C=O) groups excluding carboxylic acids is 1. The van der Waals surface area contributed by atoms with Crippen LogP contribution in [-0.2, 0) is 0 Å². The summed E-state index contributed by atoms with van der Waals surface area (Å²) in [5.74, 6) is -0.0351. The molecule has 2 aliphatic rings. The Balaban J connectivity index is 1.82. The Morgan fingerprint density at radius 1 is 1.30 bits per heavy atom. The van der Waals surface area contributed by atoms with E-state index in [1.54, 1.807) is 6.07 Å². The number of rotatable bonds is 2. The molecule has 20 heavy (non-hydrogen) atoms. The Morgan fingerprint density at radius 2 is 2.15 bits per heavy atom. The van der Waals surface area contributed by atoms with Gasteiger partial charge in [0.25, 0.3) is 5.91 Å². The molecule has 2 heterocycles. The van der Waals surface area contributed by atoms with E-state index >= 15 is 0 Å². The van der Waals surface area contributed by atoms with Crippen molar-refractivity contribution >= 4 is 5.91 Å². The Kier molecular flexibility index (Phi) is 3.61. The molecule has 2 N–H and O–H groups in total. The van der Waals surface area contributed by atoms with Gasteiger partial charge in [-0.05, 0) is 31.7 Å². The van der Waals surface area contributed by atoms with Crippen molar-refractivity contribution in [3.05, 3.63) is 24.0 Å². The average Bonchev–Trinajstić information content (AvgIpc) is 3.06. The lowest BCUT2D eigenvalue weighted by Gasteiger charge is -2.31. The normalized spacial score (nSPS) is 29.9. The molecule has 1 aliphatic heterocycles. The van der Waals surface area contributed by atoms with Crippen LogP contribution in [0.25, 0.3) is 0 Å². The third-order valence-electron chi connectivity index (χ3n) is 4.62. The zero-order chi connectivity index (χ0) is 14.1. The van der Waals surface area contributed by atoms with Crippen LogP contribution in [0.4, 0.5) is 0 Å². The van der Waals surface area contributed by atoms with Gasteiger partial charge in [-0.3, -0.25) is 9.78 Å². The van der Waals surface area contributed by atoms with Crippen LogP contribution in [0.2, 0.25) is 0 Å². The van der Waals surface area contributed by atoms with E-state index in [1.807, 2.05) is 4.90 Å². The molecule has 0 radical (unpaired) electrons. The first-order valence-electron chi connectivity index (χ1n) is 7.30. The molecule has 1 saturated heterocycles. The Labute approximate surface area is 118 Å². The fourth-order valence-electron chi connectivity index (χ4n) is 3.63. The lowest BCUT2D eigenvalue weighted by Crippen LogP contribution is -2.42. The Hall–Kier alpha value is -1.62. The number of carbonyl (C=O) groups is 1. The van der Waals surface area contributed by atoms with Crippen LogP contribution < -0.4 is 0 Å². The molecule has 3 atom stereocenters. The van der Waals surface area contributed by atoms with Crippen molar-refractivity contribution in [2.24, 2.45) is 5.92 Å². The van der Waals surface area contributed by atoms with Gasteiger partial charge in [-0.2, -0.15) is 0 Å². The zero-order valence-corrected chi connectivity index (χ0v) is 11.4. The summed E-state index contributed by atoms with van der Waals surface area (Å²) in [5, 5.41) is 19.9. The summed E-state index contributed by atoms with van der Waals surface area (Å²) < 4.78 is 0. The maximum atomic E-state index is 12.6. The van der Waals surface area contributed by atoms with Gasteiger partial charge < -0.3 is 15.1 Å². The molecule has 1 aromatic rings.